The van der Waals surface area contributed by atoms with E-state index in [9.17, 15) is 4.79 Å². The van der Waals surface area contributed by atoms with Crippen molar-refractivity contribution in [3.05, 3.63) is 30.3 Å². The molecule has 0 spiro atoms. The van der Waals surface area contributed by atoms with E-state index in [1.807, 2.05) is 18.2 Å². The van der Waals surface area contributed by atoms with Gasteiger partial charge < -0.3 is 4.43 Å². The normalized spacial score (nSPS) is 12.1. The van der Waals surface area contributed by atoms with Crippen LogP contribution in [0.5, 0.6) is 0 Å². The summed E-state index contributed by atoms with van der Waals surface area (Å²) in [5.41, 5.74) is 0. The van der Waals surface area contributed by atoms with Crippen molar-refractivity contribution >= 4 is 20.2 Å². The lowest BCUT2D eigenvalue weighted by Gasteiger charge is -2.14. The molecular weight excluding hydrogens is 192 g/mol. The summed E-state index contributed by atoms with van der Waals surface area (Å²) in [6.07, 6.45) is 1.07. The van der Waals surface area contributed by atoms with E-state index in [2.05, 4.69) is 19.1 Å². The Labute approximate surface area is 86.6 Å². The largest absolute Gasteiger partial charge is 0.518 e. The number of carbonyl (C=O) groups is 1. The molecule has 0 aliphatic carbocycles. The van der Waals surface area contributed by atoms with Gasteiger partial charge in [-0.1, -0.05) is 43.7 Å². The summed E-state index contributed by atoms with van der Waals surface area (Å²) < 4.78 is 5.38. The first kappa shape index (κ1) is 11.0. The molecule has 3 heteroatoms. The van der Waals surface area contributed by atoms with Gasteiger partial charge in [0.25, 0.3) is 15.0 Å². The first-order chi connectivity index (χ1) is 6.74. The molecule has 76 valence electrons. The van der Waals surface area contributed by atoms with Crippen molar-refractivity contribution in [1.29, 1.82) is 0 Å². The van der Waals surface area contributed by atoms with Gasteiger partial charge in [-0.05, 0) is 11.2 Å². The molecule has 0 fully saturated rings. The highest BCUT2D eigenvalue weighted by Crippen LogP contribution is 2.00. The van der Waals surface area contributed by atoms with Gasteiger partial charge in [0.15, 0.2) is 0 Å². The Kier molecular flexibility index (Phi) is 4.39. The quantitative estimate of drug-likeness (QED) is 0.702. The van der Waals surface area contributed by atoms with E-state index >= 15 is 0 Å². The van der Waals surface area contributed by atoms with Gasteiger partial charge in [0, 0.05) is 6.92 Å². The van der Waals surface area contributed by atoms with E-state index in [0.717, 1.165) is 12.5 Å². The zero-order valence-corrected chi connectivity index (χ0v) is 9.85. The summed E-state index contributed by atoms with van der Waals surface area (Å²) in [4.78, 5) is 10.9. The lowest BCUT2D eigenvalue weighted by molar-refractivity contribution is -0.132. The highest BCUT2D eigenvalue weighted by Gasteiger charge is 2.15. The van der Waals surface area contributed by atoms with Gasteiger partial charge in [-0.15, -0.1) is 0 Å². The Hall–Kier alpha value is -1.09. The Morgan fingerprint density at radius 1 is 1.36 bits per heavy atom. The third-order valence-corrected chi connectivity index (χ3v) is 4.88. The molecule has 0 amide bonds. The average Bonchev–Trinajstić information content (AvgIpc) is 2.18. The molecule has 0 radical (unpaired) electrons. The van der Waals surface area contributed by atoms with Crippen molar-refractivity contribution in [2.75, 3.05) is 0 Å². The molecule has 1 atom stereocenters. The Morgan fingerprint density at radius 3 is 2.50 bits per heavy atom. The monoisotopic (exact) mass is 208 g/mol. The molecule has 0 N–H and O–H groups in total. The number of carbonyl (C=O) groups excluding carboxylic acids is 1. The predicted molar refractivity (Wildman–Crippen MR) is 60.1 cm³/mol. The first-order valence-electron chi connectivity index (χ1n) is 4.96. The van der Waals surface area contributed by atoms with Crippen molar-refractivity contribution in [3.63, 3.8) is 0 Å². The van der Waals surface area contributed by atoms with E-state index in [-0.39, 0.29) is 5.97 Å². The standard InChI is InChI=1S/C11H16O2Si/c1-3-9-14(13-10(2)12)11-7-5-4-6-8-11/h4-8,14H,3,9H2,1-2H3. The van der Waals surface area contributed by atoms with Crippen LogP contribution in [0.4, 0.5) is 0 Å². The smallest absolute Gasteiger partial charge is 0.289 e. The van der Waals surface area contributed by atoms with Crippen LogP contribution < -0.4 is 5.19 Å². The number of hydrogen-bond donors (Lipinski definition) is 0. The van der Waals surface area contributed by atoms with E-state index in [0.29, 0.717) is 0 Å². The Bertz CT molecular complexity index is 285. The van der Waals surface area contributed by atoms with Crippen LogP contribution >= 0.6 is 0 Å². The fraction of sp³-hybridized carbons (Fsp3) is 0.364. The molecule has 0 aliphatic heterocycles. The van der Waals surface area contributed by atoms with E-state index in [4.69, 9.17) is 4.43 Å². The Balaban J connectivity index is 2.72. The topological polar surface area (TPSA) is 26.3 Å². The van der Waals surface area contributed by atoms with Gasteiger partial charge in [-0.3, -0.25) is 4.79 Å². The van der Waals surface area contributed by atoms with Crippen molar-refractivity contribution in [2.45, 2.75) is 26.3 Å². The number of benzene rings is 1. The maximum atomic E-state index is 10.9. The molecule has 1 rings (SSSR count). The van der Waals surface area contributed by atoms with Crippen LogP contribution in [0, 0.1) is 0 Å². The molecule has 0 bridgehead atoms. The fourth-order valence-electron chi connectivity index (χ4n) is 1.42. The highest BCUT2D eigenvalue weighted by molar-refractivity contribution is 6.68. The minimum absolute atomic E-state index is 0.154. The molecular formula is C11H16O2Si. The van der Waals surface area contributed by atoms with Crippen LogP contribution in [-0.4, -0.2) is 15.0 Å². The van der Waals surface area contributed by atoms with Gasteiger partial charge in [0.1, 0.15) is 0 Å². The van der Waals surface area contributed by atoms with Gasteiger partial charge in [-0.2, -0.15) is 0 Å². The van der Waals surface area contributed by atoms with Gasteiger partial charge in [0.2, 0.25) is 0 Å². The lowest BCUT2D eigenvalue weighted by Crippen LogP contribution is -2.34. The molecule has 0 heterocycles. The van der Waals surface area contributed by atoms with Crippen LogP contribution in [0.1, 0.15) is 20.3 Å². The SMILES string of the molecule is CCC[SiH](OC(C)=O)c1ccccc1. The second-order valence-electron chi connectivity index (χ2n) is 3.30. The maximum absolute atomic E-state index is 10.9. The zero-order valence-electron chi connectivity index (χ0n) is 8.69. The van der Waals surface area contributed by atoms with Crippen LogP contribution in [0.15, 0.2) is 30.3 Å². The van der Waals surface area contributed by atoms with Crippen molar-refractivity contribution in [1.82, 2.24) is 0 Å². The summed E-state index contributed by atoms with van der Waals surface area (Å²) in [5, 5.41) is 1.21. The molecule has 2 nitrogen and oxygen atoms in total. The van der Waals surface area contributed by atoms with Crippen LogP contribution in [0.25, 0.3) is 0 Å². The maximum Gasteiger partial charge on any atom is 0.289 e. The third kappa shape index (κ3) is 3.34. The van der Waals surface area contributed by atoms with E-state index < -0.39 is 9.04 Å². The molecule has 1 aromatic rings. The minimum Gasteiger partial charge on any atom is -0.518 e. The lowest BCUT2D eigenvalue weighted by atomic mass is 10.4. The van der Waals surface area contributed by atoms with E-state index in [1.165, 1.54) is 12.1 Å². The molecule has 0 aromatic heterocycles. The number of hydrogen-bond acceptors (Lipinski definition) is 2. The predicted octanol–water partition coefficient (Wildman–Crippen LogP) is 1.59. The third-order valence-electron chi connectivity index (χ3n) is 2.03. The first-order valence-corrected chi connectivity index (χ1v) is 6.82. The fourth-order valence-corrected chi connectivity index (χ4v) is 3.59. The summed E-state index contributed by atoms with van der Waals surface area (Å²) in [6.45, 7) is 3.60. The summed E-state index contributed by atoms with van der Waals surface area (Å²) in [6, 6.07) is 11.1. The number of rotatable bonds is 4. The van der Waals surface area contributed by atoms with Gasteiger partial charge in [0.05, 0.1) is 0 Å². The summed E-state index contributed by atoms with van der Waals surface area (Å²) >= 11 is 0. The zero-order chi connectivity index (χ0) is 10.4. The summed E-state index contributed by atoms with van der Waals surface area (Å²) in [5.74, 6) is -0.154. The van der Waals surface area contributed by atoms with E-state index in [1.54, 1.807) is 0 Å². The van der Waals surface area contributed by atoms with Crippen molar-refractivity contribution in [2.24, 2.45) is 0 Å². The van der Waals surface area contributed by atoms with Gasteiger partial charge in [-0.25, -0.2) is 0 Å². The molecule has 1 aromatic carbocycles. The molecule has 1 unspecified atom stereocenters. The van der Waals surface area contributed by atoms with Gasteiger partial charge >= 0.3 is 0 Å². The van der Waals surface area contributed by atoms with Crippen LogP contribution in [0.2, 0.25) is 6.04 Å². The average molecular weight is 208 g/mol. The second-order valence-corrected chi connectivity index (χ2v) is 5.75. The molecule has 0 aliphatic rings. The van der Waals surface area contributed by atoms with Crippen molar-refractivity contribution in [3.8, 4) is 0 Å². The highest BCUT2D eigenvalue weighted by atomic mass is 28.3. The minimum atomic E-state index is -1.50. The van der Waals surface area contributed by atoms with Crippen LogP contribution in [0.3, 0.4) is 0 Å². The summed E-state index contributed by atoms with van der Waals surface area (Å²) in [7, 11) is -1.50. The Morgan fingerprint density at radius 2 is 2.00 bits per heavy atom. The molecule has 14 heavy (non-hydrogen) atoms. The second kappa shape index (κ2) is 5.60. The van der Waals surface area contributed by atoms with Crippen LogP contribution in [-0.2, 0) is 9.22 Å². The van der Waals surface area contributed by atoms with Crippen molar-refractivity contribution < 1.29 is 9.22 Å². The molecule has 0 saturated carbocycles. The molecule has 0 saturated heterocycles.